The molecule has 0 saturated heterocycles. The first-order valence-electron chi connectivity index (χ1n) is 6.61. The molecule has 0 fully saturated rings. The monoisotopic (exact) mass is 397 g/mol. The summed E-state index contributed by atoms with van der Waals surface area (Å²) in [5.74, 6) is 1.70. The van der Waals surface area contributed by atoms with Gasteiger partial charge in [0.2, 0.25) is 0 Å². The van der Waals surface area contributed by atoms with Crippen LogP contribution in [0.3, 0.4) is 0 Å². The maximum atomic E-state index is 6.00. The maximum absolute atomic E-state index is 6.00. The Kier molecular flexibility index (Phi) is 6.07. The number of rotatable bonds is 6. The summed E-state index contributed by atoms with van der Waals surface area (Å²) < 4.78 is 8.03. The van der Waals surface area contributed by atoms with Gasteiger partial charge in [-0.15, -0.1) is 0 Å². The average molecular weight is 399 g/mol. The molecule has 2 nitrogen and oxygen atoms in total. The van der Waals surface area contributed by atoms with Crippen molar-refractivity contribution in [2.45, 2.75) is 19.9 Å². The van der Waals surface area contributed by atoms with Crippen molar-refractivity contribution in [3.8, 4) is 11.5 Å². The van der Waals surface area contributed by atoms with Crippen molar-refractivity contribution in [3.05, 3.63) is 57.0 Å². The van der Waals surface area contributed by atoms with Gasteiger partial charge in [-0.1, -0.05) is 50.9 Å². The highest BCUT2D eigenvalue weighted by atomic mass is 79.9. The van der Waals surface area contributed by atoms with E-state index < -0.39 is 0 Å². The zero-order valence-electron chi connectivity index (χ0n) is 11.3. The highest BCUT2D eigenvalue weighted by Crippen LogP contribution is 2.30. The number of halogens is 2. The van der Waals surface area contributed by atoms with Gasteiger partial charge in [0.25, 0.3) is 0 Å². The van der Waals surface area contributed by atoms with Crippen LogP contribution in [-0.4, -0.2) is 6.54 Å². The molecular weight excluding hydrogens is 382 g/mol. The molecule has 1 N–H and O–H groups in total. The first-order chi connectivity index (χ1) is 9.69. The summed E-state index contributed by atoms with van der Waals surface area (Å²) in [7, 11) is 0. The van der Waals surface area contributed by atoms with E-state index in [1.165, 1.54) is 0 Å². The van der Waals surface area contributed by atoms with E-state index in [1.54, 1.807) is 0 Å². The summed E-state index contributed by atoms with van der Waals surface area (Å²) in [6.45, 7) is 3.98. The van der Waals surface area contributed by atoms with Crippen molar-refractivity contribution in [1.82, 2.24) is 5.32 Å². The third kappa shape index (κ3) is 4.62. The van der Waals surface area contributed by atoms with Gasteiger partial charge < -0.3 is 10.1 Å². The van der Waals surface area contributed by atoms with Gasteiger partial charge >= 0.3 is 0 Å². The van der Waals surface area contributed by atoms with Crippen molar-refractivity contribution >= 4 is 31.9 Å². The molecule has 0 amide bonds. The minimum absolute atomic E-state index is 0.810. The van der Waals surface area contributed by atoms with Crippen molar-refractivity contribution in [2.75, 3.05) is 6.54 Å². The van der Waals surface area contributed by atoms with E-state index in [1.807, 2.05) is 36.4 Å². The summed E-state index contributed by atoms with van der Waals surface area (Å²) in [6, 6.07) is 14.0. The molecule has 0 radical (unpaired) electrons. The summed E-state index contributed by atoms with van der Waals surface area (Å²) in [5, 5.41) is 3.40. The normalized spacial score (nSPS) is 10.6. The van der Waals surface area contributed by atoms with Gasteiger partial charge in [-0.3, -0.25) is 0 Å². The van der Waals surface area contributed by atoms with E-state index in [0.29, 0.717) is 0 Å². The van der Waals surface area contributed by atoms with Crippen LogP contribution in [0.25, 0.3) is 0 Å². The highest BCUT2D eigenvalue weighted by Gasteiger charge is 2.06. The molecule has 0 bridgehead atoms. The number of hydrogen-bond donors (Lipinski definition) is 1. The van der Waals surface area contributed by atoms with Gasteiger partial charge in [0.05, 0.1) is 0 Å². The maximum Gasteiger partial charge on any atom is 0.133 e. The predicted octanol–water partition coefficient (Wildman–Crippen LogP) is 5.50. The average Bonchev–Trinajstić information content (AvgIpc) is 2.41. The van der Waals surface area contributed by atoms with Crippen LogP contribution in [0.5, 0.6) is 11.5 Å². The molecule has 2 rings (SSSR count). The number of hydrogen-bond acceptors (Lipinski definition) is 2. The second kappa shape index (κ2) is 7.81. The summed E-state index contributed by atoms with van der Waals surface area (Å²) in [5.41, 5.74) is 1.15. The third-order valence-corrected chi connectivity index (χ3v) is 3.78. The summed E-state index contributed by atoms with van der Waals surface area (Å²) >= 11 is 6.95. The Morgan fingerprint density at radius 3 is 2.60 bits per heavy atom. The standard InChI is InChI=1S/C16H17Br2NO/c1-2-8-19-11-12-6-7-14(18)10-16(12)20-15-5-3-4-13(17)9-15/h3-7,9-10,19H,2,8,11H2,1H3. The molecule has 2 aromatic carbocycles. The molecule has 0 saturated carbocycles. The first-order valence-corrected chi connectivity index (χ1v) is 8.20. The molecule has 0 aliphatic rings. The molecule has 0 aliphatic carbocycles. The minimum atomic E-state index is 0.810. The van der Waals surface area contributed by atoms with Gasteiger partial charge in [-0.2, -0.15) is 0 Å². The Morgan fingerprint density at radius 2 is 1.85 bits per heavy atom. The van der Waals surface area contributed by atoms with Crippen LogP contribution in [0, 0.1) is 0 Å². The van der Waals surface area contributed by atoms with Crippen LogP contribution in [0.2, 0.25) is 0 Å². The van der Waals surface area contributed by atoms with E-state index in [9.17, 15) is 0 Å². The van der Waals surface area contributed by atoms with E-state index in [-0.39, 0.29) is 0 Å². The molecule has 0 aromatic heterocycles. The Morgan fingerprint density at radius 1 is 1.05 bits per heavy atom. The molecule has 0 aliphatic heterocycles. The van der Waals surface area contributed by atoms with E-state index in [2.05, 4.69) is 50.2 Å². The van der Waals surface area contributed by atoms with Gasteiger partial charge in [-0.25, -0.2) is 0 Å². The fourth-order valence-electron chi connectivity index (χ4n) is 1.83. The van der Waals surface area contributed by atoms with E-state index in [4.69, 9.17) is 4.74 Å². The van der Waals surface area contributed by atoms with Gasteiger partial charge in [0.15, 0.2) is 0 Å². The lowest BCUT2D eigenvalue weighted by Crippen LogP contribution is -2.14. The SMILES string of the molecule is CCCNCc1ccc(Br)cc1Oc1cccc(Br)c1. The topological polar surface area (TPSA) is 21.3 Å². The zero-order chi connectivity index (χ0) is 14.4. The Balaban J connectivity index is 2.18. The molecule has 20 heavy (non-hydrogen) atoms. The van der Waals surface area contributed by atoms with Crippen LogP contribution in [0.1, 0.15) is 18.9 Å². The number of benzene rings is 2. The Hall–Kier alpha value is -0.840. The lowest BCUT2D eigenvalue weighted by Gasteiger charge is -2.12. The van der Waals surface area contributed by atoms with Crippen molar-refractivity contribution in [2.24, 2.45) is 0 Å². The van der Waals surface area contributed by atoms with Gasteiger partial charge in [0.1, 0.15) is 11.5 Å². The molecule has 0 spiro atoms. The predicted molar refractivity (Wildman–Crippen MR) is 90.4 cm³/mol. The minimum Gasteiger partial charge on any atom is -0.457 e. The molecule has 0 heterocycles. The molecule has 4 heteroatoms. The van der Waals surface area contributed by atoms with Crippen LogP contribution >= 0.6 is 31.9 Å². The van der Waals surface area contributed by atoms with Crippen LogP contribution in [0.4, 0.5) is 0 Å². The Labute approximate surface area is 136 Å². The molecule has 2 aromatic rings. The quantitative estimate of drug-likeness (QED) is 0.648. The molecule has 106 valence electrons. The van der Waals surface area contributed by atoms with Crippen LogP contribution in [-0.2, 0) is 6.54 Å². The molecular formula is C16H17Br2NO. The van der Waals surface area contributed by atoms with Gasteiger partial charge in [0, 0.05) is 21.1 Å². The largest absolute Gasteiger partial charge is 0.457 e. The van der Waals surface area contributed by atoms with Crippen LogP contribution < -0.4 is 10.1 Å². The molecule has 0 atom stereocenters. The third-order valence-electron chi connectivity index (χ3n) is 2.80. The smallest absolute Gasteiger partial charge is 0.133 e. The Bertz CT molecular complexity index is 572. The highest BCUT2D eigenvalue weighted by molar-refractivity contribution is 9.10. The lowest BCUT2D eigenvalue weighted by atomic mass is 10.2. The second-order valence-corrected chi connectivity index (χ2v) is 6.32. The summed E-state index contributed by atoms with van der Waals surface area (Å²) in [4.78, 5) is 0. The zero-order valence-corrected chi connectivity index (χ0v) is 14.5. The van der Waals surface area contributed by atoms with Gasteiger partial charge in [-0.05, 0) is 43.3 Å². The van der Waals surface area contributed by atoms with Crippen molar-refractivity contribution < 1.29 is 4.74 Å². The lowest BCUT2D eigenvalue weighted by molar-refractivity contribution is 0.472. The number of nitrogens with one attached hydrogen (secondary N) is 1. The fourth-order valence-corrected chi connectivity index (χ4v) is 2.55. The number of ether oxygens (including phenoxy) is 1. The first kappa shape index (κ1) is 15.5. The molecule has 0 unspecified atom stereocenters. The van der Waals surface area contributed by atoms with Crippen molar-refractivity contribution in [3.63, 3.8) is 0 Å². The summed E-state index contributed by atoms with van der Waals surface area (Å²) in [6.07, 6.45) is 1.12. The second-order valence-electron chi connectivity index (χ2n) is 4.49. The van der Waals surface area contributed by atoms with E-state index in [0.717, 1.165) is 45.5 Å². The van der Waals surface area contributed by atoms with E-state index >= 15 is 0 Å². The van der Waals surface area contributed by atoms with Crippen LogP contribution in [0.15, 0.2) is 51.4 Å². The van der Waals surface area contributed by atoms with Crippen molar-refractivity contribution in [1.29, 1.82) is 0 Å². The fraction of sp³-hybridized carbons (Fsp3) is 0.250.